The number of nitrogens with one attached hydrogen (secondary N) is 3. The minimum absolute atomic E-state index is 0.134. The zero-order chi connectivity index (χ0) is 24.3. The summed E-state index contributed by atoms with van der Waals surface area (Å²) in [5.41, 5.74) is 4.66. The van der Waals surface area contributed by atoms with Crippen LogP contribution in [0.2, 0.25) is 0 Å². The average Bonchev–Trinajstić information content (AvgIpc) is 3.19. The van der Waals surface area contributed by atoms with Crippen molar-refractivity contribution < 1.29 is 9.53 Å². The molecule has 10 nitrogen and oxygen atoms in total. The van der Waals surface area contributed by atoms with Gasteiger partial charge >= 0.3 is 6.09 Å². The number of hydrogen-bond donors (Lipinski definition) is 3. The molecule has 1 aliphatic carbocycles. The monoisotopic (exact) mass is 472 g/mol. The molecule has 188 valence electrons. The molecular formula is C24H40N8O2. The van der Waals surface area contributed by atoms with E-state index in [0.29, 0.717) is 5.95 Å². The third kappa shape index (κ3) is 6.28. The maximum atomic E-state index is 12.1. The van der Waals surface area contributed by atoms with E-state index in [4.69, 9.17) is 14.7 Å². The van der Waals surface area contributed by atoms with Gasteiger partial charge in [0.05, 0.1) is 6.33 Å². The van der Waals surface area contributed by atoms with E-state index in [-0.39, 0.29) is 24.2 Å². The number of carbonyl (C=O) groups is 1. The zero-order valence-electron chi connectivity index (χ0n) is 21.2. The van der Waals surface area contributed by atoms with Crippen molar-refractivity contribution in [3.63, 3.8) is 0 Å². The number of rotatable bonds is 6. The van der Waals surface area contributed by atoms with Crippen LogP contribution in [0.4, 0.5) is 16.6 Å². The Morgan fingerprint density at radius 3 is 2.38 bits per heavy atom. The van der Waals surface area contributed by atoms with Crippen LogP contribution in [0.3, 0.4) is 0 Å². The summed E-state index contributed by atoms with van der Waals surface area (Å²) in [6.07, 6.45) is 8.80. The number of imidazole rings is 1. The minimum atomic E-state index is -0.485. The summed E-state index contributed by atoms with van der Waals surface area (Å²) >= 11 is 0. The molecule has 0 aromatic carbocycles. The summed E-state index contributed by atoms with van der Waals surface area (Å²) in [5, 5.41) is 8.79. The predicted octanol–water partition coefficient (Wildman–Crippen LogP) is 4.47. The normalized spacial score (nSPS) is 22.1. The first kappa shape index (κ1) is 24.5. The smallest absolute Gasteiger partial charge is 0.407 e. The van der Waals surface area contributed by atoms with Crippen molar-refractivity contribution in [1.29, 1.82) is 0 Å². The standard InChI is InChI=1S/C24H40N8O2/c1-16(2)32-15-25-19-20(30-31-13-7-6-8-14-31)28-22(29-21(19)32)26-17-9-11-18(12-10-17)27-23(33)34-24(3,4)5/h15-18H,6-14H2,1-5H3,(H,27,33)(H2,26,28,29,30). The van der Waals surface area contributed by atoms with Crippen LogP contribution in [0.15, 0.2) is 6.33 Å². The molecule has 2 aromatic heterocycles. The largest absolute Gasteiger partial charge is 0.444 e. The predicted molar refractivity (Wildman–Crippen MR) is 134 cm³/mol. The number of alkyl carbamates (subject to hydrolysis) is 1. The number of aromatic nitrogens is 4. The van der Waals surface area contributed by atoms with Gasteiger partial charge in [0.15, 0.2) is 17.0 Å². The van der Waals surface area contributed by atoms with Crippen LogP contribution in [-0.4, -0.2) is 61.4 Å². The summed E-state index contributed by atoms with van der Waals surface area (Å²) in [6.45, 7) is 11.9. The summed E-state index contributed by atoms with van der Waals surface area (Å²) in [6, 6.07) is 0.646. The fourth-order valence-corrected chi connectivity index (χ4v) is 4.63. The Bertz CT molecular complexity index is 969. The molecule has 1 amide bonds. The molecule has 10 heteroatoms. The first-order valence-corrected chi connectivity index (χ1v) is 12.7. The van der Waals surface area contributed by atoms with E-state index in [9.17, 15) is 4.79 Å². The molecule has 34 heavy (non-hydrogen) atoms. The Balaban J connectivity index is 1.43. The Hall–Kier alpha value is -2.62. The van der Waals surface area contributed by atoms with E-state index in [1.165, 1.54) is 19.3 Å². The quantitative estimate of drug-likeness (QED) is 0.565. The number of hydrogen-bond acceptors (Lipinski definition) is 8. The number of anilines is 2. The van der Waals surface area contributed by atoms with Crippen LogP contribution in [0.5, 0.6) is 0 Å². The minimum Gasteiger partial charge on any atom is -0.444 e. The van der Waals surface area contributed by atoms with Gasteiger partial charge in [0, 0.05) is 31.2 Å². The number of piperidine rings is 1. The van der Waals surface area contributed by atoms with E-state index in [2.05, 4.69) is 44.5 Å². The Kier molecular flexibility index (Phi) is 7.45. The highest BCUT2D eigenvalue weighted by Crippen LogP contribution is 2.27. The lowest BCUT2D eigenvalue weighted by atomic mass is 9.91. The van der Waals surface area contributed by atoms with Crippen LogP contribution in [0.1, 0.15) is 85.6 Å². The van der Waals surface area contributed by atoms with Gasteiger partial charge < -0.3 is 25.4 Å². The van der Waals surface area contributed by atoms with Crippen molar-refractivity contribution in [2.24, 2.45) is 0 Å². The topological polar surface area (TPSA) is 109 Å². The van der Waals surface area contributed by atoms with E-state index < -0.39 is 5.60 Å². The van der Waals surface area contributed by atoms with E-state index in [1.54, 1.807) is 0 Å². The molecule has 2 aromatic rings. The molecule has 0 spiro atoms. The van der Waals surface area contributed by atoms with Crippen molar-refractivity contribution in [2.75, 3.05) is 23.8 Å². The summed E-state index contributed by atoms with van der Waals surface area (Å²) in [7, 11) is 0. The highest BCUT2D eigenvalue weighted by Gasteiger charge is 2.26. The van der Waals surface area contributed by atoms with Gasteiger partial charge in [-0.1, -0.05) is 6.42 Å². The van der Waals surface area contributed by atoms with Gasteiger partial charge in [-0.15, -0.1) is 0 Å². The molecule has 1 saturated heterocycles. The van der Waals surface area contributed by atoms with Gasteiger partial charge in [-0.25, -0.2) is 14.8 Å². The summed E-state index contributed by atoms with van der Waals surface area (Å²) in [4.78, 5) is 26.4. The third-order valence-corrected chi connectivity index (χ3v) is 6.38. The Morgan fingerprint density at radius 2 is 1.74 bits per heavy atom. The fraction of sp³-hybridized carbons (Fsp3) is 0.750. The van der Waals surface area contributed by atoms with Crippen molar-refractivity contribution >= 4 is 29.0 Å². The van der Waals surface area contributed by atoms with Crippen molar-refractivity contribution in [2.45, 2.75) is 103 Å². The number of amides is 1. The second-order valence-electron chi connectivity index (χ2n) is 10.8. The van der Waals surface area contributed by atoms with Gasteiger partial charge in [-0.05, 0) is 73.1 Å². The van der Waals surface area contributed by atoms with Gasteiger partial charge in [-0.2, -0.15) is 9.97 Å². The molecule has 3 heterocycles. The Labute approximate surface area is 202 Å². The first-order chi connectivity index (χ1) is 16.2. The molecule has 2 fully saturated rings. The molecule has 0 unspecified atom stereocenters. The zero-order valence-corrected chi connectivity index (χ0v) is 21.2. The lowest BCUT2D eigenvalue weighted by Crippen LogP contribution is -2.42. The average molecular weight is 473 g/mol. The molecule has 0 atom stereocenters. The molecule has 1 aliphatic heterocycles. The van der Waals surface area contributed by atoms with Crippen LogP contribution < -0.4 is 16.1 Å². The highest BCUT2D eigenvalue weighted by atomic mass is 16.6. The van der Waals surface area contributed by atoms with E-state index >= 15 is 0 Å². The first-order valence-electron chi connectivity index (χ1n) is 12.7. The lowest BCUT2D eigenvalue weighted by Gasteiger charge is -2.31. The molecule has 0 radical (unpaired) electrons. The second kappa shape index (κ2) is 10.3. The Morgan fingerprint density at radius 1 is 1.06 bits per heavy atom. The molecule has 0 bridgehead atoms. The van der Waals surface area contributed by atoms with Gasteiger partial charge in [-0.3, -0.25) is 0 Å². The molecule has 3 N–H and O–H groups in total. The van der Waals surface area contributed by atoms with Gasteiger partial charge in [0.2, 0.25) is 5.95 Å². The number of nitrogens with zero attached hydrogens (tertiary/aromatic N) is 5. The van der Waals surface area contributed by atoms with Crippen LogP contribution in [-0.2, 0) is 4.74 Å². The maximum absolute atomic E-state index is 12.1. The van der Waals surface area contributed by atoms with Crippen LogP contribution in [0.25, 0.3) is 11.2 Å². The molecule has 1 saturated carbocycles. The van der Waals surface area contributed by atoms with E-state index in [1.807, 2.05) is 27.1 Å². The fourth-order valence-electron chi connectivity index (χ4n) is 4.63. The van der Waals surface area contributed by atoms with Crippen molar-refractivity contribution in [3.8, 4) is 0 Å². The summed E-state index contributed by atoms with van der Waals surface area (Å²) in [5.74, 6) is 1.38. The molecule has 4 rings (SSSR count). The maximum Gasteiger partial charge on any atom is 0.407 e. The SMILES string of the molecule is CC(C)n1cnc2c(NN3CCCCC3)nc(NC3CCC(NC(=O)OC(C)(C)C)CC3)nc21. The van der Waals surface area contributed by atoms with Gasteiger partial charge in [0.1, 0.15) is 5.60 Å². The second-order valence-corrected chi connectivity index (χ2v) is 10.8. The lowest BCUT2D eigenvalue weighted by molar-refractivity contribution is 0.0492. The van der Waals surface area contributed by atoms with Crippen molar-refractivity contribution in [1.82, 2.24) is 29.8 Å². The number of carbonyl (C=O) groups excluding carboxylic acids is 1. The molecular weight excluding hydrogens is 432 g/mol. The van der Waals surface area contributed by atoms with Crippen molar-refractivity contribution in [3.05, 3.63) is 6.33 Å². The molecule has 2 aliphatic rings. The van der Waals surface area contributed by atoms with Crippen LogP contribution in [0, 0.1) is 0 Å². The van der Waals surface area contributed by atoms with Crippen LogP contribution >= 0.6 is 0 Å². The van der Waals surface area contributed by atoms with E-state index in [0.717, 1.165) is 55.8 Å². The number of ether oxygens (including phenoxy) is 1. The highest BCUT2D eigenvalue weighted by molar-refractivity contribution is 5.84. The van der Waals surface area contributed by atoms with Gasteiger partial charge in [0.25, 0.3) is 0 Å². The number of hydrazine groups is 1. The number of fused-ring (bicyclic) bond motifs is 1. The summed E-state index contributed by atoms with van der Waals surface area (Å²) < 4.78 is 7.49. The third-order valence-electron chi connectivity index (χ3n) is 6.38.